The molecular formula is C16H23N3. The van der Waals surface area contributed by atoms with Gasteiger partial charge in [0, 0.05) is 30.3 Å². The van der Waals surface area contributed by atoms with Crippen molar-refractivity contribution < 1.29 is 0 Å². The topological polar surface area (TPSA) is 43.8 Å². The maximum atomic E-state index is 5.76. The zero-order valence-corrected chi connectivity index (χ0v) is 12.4. The van der Waals surface area contributed by atoms with Crippen LogP contribution in [0.25, 0.3) is 0 Å². The van der Waals surface area contributed by atoms with Crippen LogP contribution in [-0.4, -0.2) is 9.55 Å². The molecule has 3 nitrogen and oxygen atoms in total. The minimum Gasteiger partial charge on any atom is -0.399 e. The van der Waals surface area contributed by atoms with Gasteiger partial charge >= 0.3 is 0 Å². The van der Waals surface area contributed by atoms with Crippen molar-refractivity contribution in [1.29, 1.82) is 0 Å². The van der Waals surface area contributed by atoms with Crippen molar-refractivity contribution in [1.82, 2.24) is 9.55 Å². The highest BCUT2D eigenvalue weighted by molar-refractivity contribution is 5.43. The van der Waals surface area contributed by atoms with E-state index < -0.39 is 0 Å². The number of hydrogen-bond acceptors (Lipinski definition) is 2. The zero-order valence-electron chi connectivity index (χ0n) is 12.4. The van der Waals surface area contributed by atoms with Crippen LogP contribution in [0.15, 0.2) is 30.5 Å². The lowest BCUT2D eigenvalue weighted by Gasteiger charge is -2.23. The number of benzene rings is 1. The molecule has 2 aromatic rings. The highest BCUT2D eigenvalue weighted by Gasteiger charge is 2.27. The van der Waals surface area contributed by atoms with Gasteiger partial charge in [0.15, 0.2) is 0 Å². The Hall–Kier alpha value is -1.77. The lowest BCUT2D eigenvalue weighted by atomic mass is 9.82. The van der Waals surface area contributed by atoms with Gasteiger partial charge in [0.1, 0.15) is 5.82 Å². The second-order valence-corrected chi connectivity index (χ2v) is 6.00. The predicted molar refractivity (Wildman–Crippen MR) is 80.3 cm³/mol. The molecule has 102 valence electrons. The number of nitrogens with zero attached hydrogens (tertiary/aromatic N) is 2. The maximum absolute atomic E-state index is 5.76. The molecule has 0 aliphatic carbocycles. The first-order valence-electron chi connectivity index (χ1n) is 6.72. The minimum absolute atomic E-state index is 0.113. The zero-order chi connectivity index (χ0) is 14.2. The number of rotatable bonds is 3. The molecule has 19 heavy (non-hydrogen) atoms. The van der Waals surface area contributed by atoms with Gasteiger partial charge in [0.25, 0.3) is 0 Å². The predicted octanol–water partition coefficient (Wildman–Crippen LogP) is 3.45. The lowest BCUT2D eigenvalue weighted by Crippen LogP contribution is -2.19. The number of aromatic nitrogens is 2. The van der Waals surface area contributed by atoms with Crippen LogP contribution < -0.4 is 5.73 Å². The molecule has 0 fully saturated rings. The highest BCUT2D eigenvalue weighted by atomic mass is 15.1. The SMILES string of the molecule is CC(C)c1nc(C(C)(C)c2ccc(N)cc2)cn1C. The Bertz CT molecular complexity index is 562. The van der Waals surface area contributed by atoms with Crippen LogP contribution in [0.5, 0.6) is 0 Å². The van der Waals surface area contributed by atoms with Gasteiger partial charge in [-0.1, -0.05) is 39.8 Å². The van der Waals surface area contributed by atoms with Crippen molar-refractivity contribution in [2.45, 2.75) is 39.0 Å². The molecule has 3 heteroatoms. The largest absolute Gasteiger partial charge is 0.399 e. The van der Waals surface area contributed by atoms with Crippen LogP contribution in [0.4, 0.5) is 5.69 Å². The van der Waals surface area contributed by atoms with Crippen molar-refractivity contribution >= 4 is 5.69 Å². The van der Waals surface area contributed by atoms with Crippen LogP contribution >= 0.6 is 0 Å². The molecule has 0 radical (unpaired) electrons. The monoisotopic (exact) mass is 257 g/mol. The summed E-state index contributed by atoms with van der Waals surface area (Å²) in [6.45, 7) is 8.74. The summed E-state index contributed by atoms with van der Waals surface area (Å²) in [5.41, 5.74) is 8.77. The number of hydrogen-bond donors (Lipinski definition) is 1. The maximum Gasteiger partial charge on any atom is 0.111 e. The second kappa shape index (κ2) is 4.72. The summed E-state index contributed by atoms with van der Waals surface area (Å²) in [6, 6.07) is 8.06. The number of nitrogen functional groups attached to an aromatic ring is 1. The number of nitrogens with two attached hydrogens (primary N) is 1. The Morgan fingerprint density at radius 1 is 1.16 bits per heavy atom. The first-order chi connectivity index (χ1) is 8.82. The van der Waals surface area contributed by atoms with Crippen molar-refractivity contribution in [3.8, 4) is 0 Å². The van der Waals surface area contributed by atoms with E-state index in [4.69, 9.17) is 10.7 Å². The Morgan fingerprint density at radius 2 is 1.74 bits per heavy atom. The summed E-state index contributed by atoms with van der Waals surface area (Å²) in [5, 5.41) is 0. The molecule has 0 aliphatic heterocycles. The first kappa shape index (κ1) is 13.7. The average Bonchev–Trinajstić information content (AvgIpc) is 2.72. The molecule has 0 spiro atoms. The van der Waals surface area contributed by atoms with Gasteiger partial charge in [-0.2, -0.15) is 0 Å². The second-order valence-electron chi connectivity index (χ2n) is 6.00. The number of anilines is 1. The Kier molecular flexibility index (Phi) is 3.40. The molecule has 0 aliphatic rings. The third-order valence-corrected chi connectivity index (χ3v) is 3.70. The standard InChI is InChI=1S/C16H23N3/c1-11(2)15-18-14(10-19(15)5)16(3,4)12-6-8-13(17)9-7-12/h6-11H,17H2,1-5H3. The van der Waals surface area contributed by atoms with E-state index in [0.717, 1.165) is 17.2 Å². The molecule has 0 amide bonds. The summed E-state index contributed by atoms with van der Waals surface area (Å²) in [4.78, 5) is 4.81. The van der Waals surface area contributed by atoms with Crippen molar-refractivity contribution in [3.63, 3.8) is 0 Å². The average molecular weight is 257 g/mol. The van der Waals surface area contributed by atoms with Gasteiger partial charge < -0.3 is 10.3 Å². The van der Waals surface area contributed by atoms with Crippen LogP contribution in [0, 0.1) is 0 Å². The van der Waals surface area contributed by atoms with Crippen LogP contribution in [-0.2, 0) is 12.5 Å². The van der Waals surface area contributed by atoms with Gasteiger partial charge in [-0.25, -0.2) is 4.98 Å². The number of aryl methyl sites for hydroxylation is 1. The molecule has 0 bridgehead atoms. The molecular weight excluding hydrogens is 234 g/mol. The Labute approximate surface area is 115 Å². The fraction of sp³-hybridized carbons (Fsp3) is 0.438. The molecule has 0 atom stereocenters. The normalized spacial score (nSPS) is 12.1. The first-order valence-corrected chi connectivity index (χ1v) is 6.72. The van der Waals surface area contributed by atoms with Crippen LogP contribution in [0.3, 0.4) is 0 Å². The summed E-state index contributed by atoms with van der Waals surface area (Å²) < 4.78 is 2.12. The quantitative estimate of drug-likeness (QED) is 0.856. The Morgan fingerprint density at radius 3 is 2.21 bits per heavy atom. The van der Waals surface area contributed by atoms with Crippen LogP contribution in [0.2, 0.25) is 0 Å². The molecule has 2 rings (SSSR count). The van der Waals surface area contributed by atoms with Crippen molar-refractivity contribution in [3.05, 3.63) is 47.5 Å². The summed E-state index contributed by atoms with van der Waals surface area (Å²) in [5.74, 6) is 1.56. The van der Waals surface area contributed by atoms with Gasteiger partial charge in [-0.3, -0.25) is 0 Å². The van der Waals surface area contributed by atoms with Gasteiger partial charge in [-0.15, -0.1) is 0 Å². The molecule has 0 saturated heterocycles. The van der Waals surface area contributed by atoms with Gasteiger partial charge in [-0.05, 0) is 17.7 Å². The third kappa shape index (κ3) is 2.50. The van der Waals surface area contributed by atoms with Gasteiger partial charge in [0.2, 0.25) is 0 Å². The number of imidazole rings is 1. The van der Waals surface area contributed by atoms with E-state index in [1.807, 2.05) is 12.1 Å². The van der Waals surface area contributed by atoms with Crippen LogP contribution in [0.1, 0.15) is 50.7 Å². The smallest absolute Gasteiger partial charge is 0.111 e. The van der Waals surface area contributed by atoms with Crippen molar-refractivity contribution in [2.75, 3.05) is 5.73 Å². The summed E-state index contributed by atoms with van der Waals surface area (Å²) >= 11 is 0. The van der Waals surface area contributed by atoms with E-state index >= 15 is 0 Å². The highest BCUT2D eigenvalue weighted by Crippen LogP contribution is 2.32. The van der Waals surface area contributed by atoms with E-state index in [2.05, 4.69) is 57.6 Å². The van der Waals surface area contributed by atoms with E-state index in [1.54, 1.807) is 0 Å². The summed E-state index contributed by atoms with van der Waals surface area (Å²) in [6.07, 6.45) is 2.13. The summed E-state index contributed by atoms with van der Waals surface area (Å²) in [7, 11) is 2.06. The fourth-order valence-corrected chi connectivity index (χ4v) is 2.37. The van der Waals surface area contributed by atoms with E-state index in [1.165, 1.54) is 5.56 Å². The fourth-order valence-electron chi connectivity index (χ4n) is 2.37. The molecule has 0 unspecified atom stereocenters. The Balaban J connectivity index is 2.44. The molecule has 1 heterocycles. The van der Waals surface area contributed by atoms with E-state index in [9.17, 15) is 0 Å². The minimum atomic E-state index is -0.113. The van der Waals surface area contributed by atoms with Crippen molar-refractivity contribution in [2.24, 2.45) is 7.05 Å². The van der Waals surface area contributed by atoms with E-state index in [-0.39, 0.29) is 5.41 Å². The molecule has 2 N–H and O–H groups in total. The van der Waals surface area contributed by atoms with Gasteiger partial charge in [0.05, 0.1) is 5.69 Å². The third-order valence-electron chi connectivity index (χ3n) is 3.70. The molecule has 0 saturated carbocycles. The lowest BCUT2D eigenvalue weighted by molar-refractivity contribution is 0.616. The molecule has 1 aromatic heterocycles. The van der Waals surface area contributed by atoms with E-state index in [0.29, 0.717) is 5.92 Å². The molecule has 1 aromatic carbocycles.